The van der Waals surface area contributed by atoms with Crippen molar-refractivity contribution in [2.24, 2.45) is 4.99 Å². The molecule has 1 aromatic rings. The number of amides is 1. The minimum absolute atomic E-state index is 0.194. The fourth-order valence-corrected chi connectivity index (χ4v) is 3.57. The standard InChI is InChI=1S/C19H14F9N3O6/c1-35-10-3-2-8(6-9(10)17(20,21)22)12-30-16(13(32)31(12)37-15(34)19(26,27)28)4-5-29-7-11(16)36-14(33)18(23,24)25/h2-3,6,11,29H,4-5,7H2,1H3. The van der Waals surface area contributed by atoms with Gasteiger partial charge >= 0.3 is 30.5 Å². The van der Waals surface area contributed by atoms with Crippen molar-refractivity contribution in [1.82, 2.24) is 10.4 Å². The van der Waals surface area contributed by atoms with Crippen LogP contribution in [0.4, 0.5) is 39.5 Å². The summed E-state index contributed by atoms with van der Waals surface area (Å²) in [6.45, 7) is -0.845. The Morgan fingerprint density at radius 1 is 1.05 bits per heavy atom. The lowest BCUT2D eigenvalue weighted by Gasteiger charge is -2.36. The van der Waals surface area contributed by atoms with Crippen molar-refractivity contribution in [2.75, 3.05) is 20.2 Å². The Hall–Kier alpha value is -3.57. The van der Waals surface area contributed by atoms with E-state index in [1.54, 1.807) is 0 Å². The predicted octanol–water partition coefficient (Wildman–Crippen LogP) is 2.53. The third kappa shape index (κ3) is 5.42. The number of methoxy groups -OCH3 is 1. The largest absolute Gasteiger partial charge is 0.496 e. The van der Waals surface area contributed by atoms with E-state index >= 15 is 0 Å². The van der Waals surface area contributed by atoms with Crippen molar-refractivity contribution in [2.45, 2.75) is 36.6 Å². The molecule has 37 heavy (non-hydrogen) atoms. The molecule has 2 aliphatic heterocycles. The number of aliphatic imine (C=N–C) groups is 1. The van der Waals surface area contributed by atoms with Gasteiger partial charge < -0.3 is 19.6 Å². The van der Waals surface area contributed by atoms with E-state index in [1.807, 2.05) is 0 Å². The van der Waals surface area contributed by atoms with Crippen molar-refractivity contribution < 1.29 is 68.2 Å². The molecule has 1 aromatic carbocycles. The van der Waals surface area contributed by atoms with Crippen LogP contribution in [-0.2, 0) is 30.1 Å². The van der Waals surface area contributed by atoms with Crippen LogP contribution in [0, 0.1) is 0 Å². The van der Waals surface area contributed by atoms with Gasteiger partial charge in [0, 0.05) is 12.1 Å². The van der Waals surface area contributed by atoms with Crippen molar-refractivity contribution in [1.29, 1.82) is 0 Å². The quantitative estimate of drug-likeness (QED) is 0.453. The maximum absolute atomic E-state index is 13.5. The normalized spacial score (nSPS) is 22.6. The lowest BCUT2D eigenvalue weighted by Crippen LogP contribution is -2.60. The molecule has 204 valence electrons. The highest BCUT2D eigenvalue weighted by atomic mass is 19.4. The van der Waals surface area contributed by atoms with E-state index in [-0.39, 0.29) is 11.6 Å². The summed E-state index contributed by atoms with van der Waals surface area (Å²) in [7, 11) is 0.891. The van der Waals surface area contributed by atoms with Crippen LogP contribution < -0.4 is 10.1 Å². The van der Waals surface area contributed by atoms with Crippen molar-refractivity contribution in [3.63, 3.8) is 0 Å². The number of ether oxygens (including phenoxy) is 2. The van der Waals surface area contributed by atoms with Crippen LogP contribution in [0.5, 0.6) is 5.75 Å². The molecule has 1 amide bonds. The Labute approximate surface area is 200 Å². The zero-order valence-corrected chi connectivity index (χ0v) is 18.2. The number of amidine groups is 1. The van der Waals surface area contributed by atoms with Gasteiger partial charge in [0.05, 0.1) is 12.7 Å². The molecule has 1 fully saturated rings. The number of nitrogens with zero attached hydrogens (tertiary/aromatic N) is 2. The fourth-order valence-electron chi connectivity index (χ4n) is 3.57. The molecule has 3 rings (SSSR count). The van der Waals surface area contributed by atoms with Gasteiger partial charge in [-0.2, -0.15) is 39.5 Å². The molecule has 0 aromatic heterocycles. The molecule has 9 nitrogen and oxygen atoms in total. The fraction of sp³-hybridized carbons (Fsp3) is 0.474. The molecule has 0 aliphatic carbocycles. The third-order valence-corrected chi connectivity index (χ3v) is 5.25. The van der Waals surface area contributed by atoms with E-state index in [4.69, 9.17) is 0 Å². The first-order valence-electron chi connectivity index (χ1n) is 9.89. The van der Waals surface area contributed by atoms with Gasteiger partial charge in [-0.1, -0.05) is 0 Å². The second-order valence-electron chi connectivity index (χ2n) is 7.59. The SMILES string of the molecule is COc1ccc(C2=NC3(CCNCC3OC(=O)C(F)(F)F)C(=O)N2OC(=O)C(F)(F)F)cc1C(F)(F)F. The highest BCUT2D eigenvalue weighted by Crippen LogP contribution is 2.40. The average Bonchev–Trinajstić information content (AvgIpc) is 3.05. The average molecular weight is 551 g/mol. The minimum Gasteiger partial charge on any atom is -0.496 e. The Balaban J connectivity index is 2.17. The molecule has 18 heteroatoms. The lowest BCUT2D eigenvalue weighted by molar-refractivity contribution is -0.227. The number of hydrogen-bond acceptors (Lipinski definition) is 8. The van der Waals surface area contributed by atoms with Gasteiger partial charge in [0.2, 0.25) is 0 Å². The zero-order valence-electron chi connectivity index (χ0n) is 18.2. The number of rotatable bonds is 4. The van der Waals surface area contributed by atoms with Crippen LogP contribution in [0.1, 0.15) is 17.5 Å². The van der Waals surface area contributed by atoms with E-state index < -0.39 is 83.7 Å². The van der Waals surface area contributed by atoms with Gasteiger partial charge in [0.15, 0.2) is 11.4 Å². The van der Waals surface area contributed by atoms with Gasteiger partial charge in [-0.15, -0.1) is 5.06 Å². The van der Waals surface area contributed by atoms with E-state index in [1.165, 1.54) is 0 Å². The summed E-state index contributed by atoms with van der Waals surface area (Å²) in [6.07, 6.45) is -19.0. The molecular weight excluding hydrogens is 537 g/mol. The number of carbonyl (C=O) groups excluding carboxylic acids is 3. The number of alkyl halides is 9. The topological polar surface area (TPSA) is 107 Å². The van der Waals surface area contributed by atoms with E-state index in [0.717, 1.165) is 19.2 Å². The number of piperidine rings is 1. The highest BCUT2D eigenvalue weighted by Gasteiger charge is 2.60. The molecule has 0 radical (unpaired) electrons. The Kier molecular flexibility index (Phi) is 7.10. The third-order valence-electron chi connectivity index (χ3n) is 5.25. The van der Waals surface area contributed by atoms with Crippen molar-refractivity contribution in [3.05, 3.63) is 29.3 Å². The van der Waals surface area contributed by atoms with Gasteiger partial charge in [0.1, 0.15) is 11.9 Å². The molecule has 0 saturated carbocycles. The molecular formula is C19H14F9N3O6. The number of halogens is 9. The van der Waals surface area contributed by atoms with E-state index in [0.29, 0.717) is 6.07 Å². The summed E-state index contributed by atoms with van der Waals surface area (Å²) >= 11 is 0. The number of benzene rings is 1. The minimum atomic E-state index is -5.69. The molecule has 1 saturated heterocycles. The summed E-state index contributed by atoms with van der Waals surface area (Å²) in [6, 6.07) is 1.87. The molecule has 2 unspecified atom stereocenters. The summed E-state index contributed by atoms with van der Waals surface area (Å²) in [5, 5.41) is 2.13. The number of esters is 1. The van der Waals surface area contributed by atoms with Crippen LogP contribution in [0.2, 0.25) is 0 Å². The van der Waals surface area contributed by atoms with Crippen LogP contribution in [0.3, 0.4) is 0 Å². The van der Waals surface area contributed by atoms with Gasteiger partial charge in [-0.25, -0.2) is 14.6 Å². The maximum Gasteiger partial charge on any atom is 0.493 e. The molecule has 1 spiro atoms. The van der Waals surface area contributed by atoms with Crippen LogP contribution >= 0.6 is 0 Å². The molecule has 2 atom stereocenters. The Morgan fingerprint density at radius 2 is 1.68 bits per heavy atom. The number of hydrogen-bond donors (Lipinski definition) is 1. The molecule has 1 N–H and O–H groups in total. The molecule has 0 bridgehead atoms. The zero-order chi connectivity index (χ0) is 28.0. The summed E-state index contributed by atoms with van der Waals surface area (Å²) in [5.74, 6) is -9.22. The lowest BCUT2D eigenvalue weighted by atomic mass is 9.86. The van der Waals surface area contributed by atoms with Crippen LogP contribution in [-0.4, -0.2) is 72.9 Å². The number of nitrogens with one attached hydrogen (secondary N) is 1. The van der Waals surface area contributed by atoms with Crippen molar-refractivity contribution >= 4 is 23.7 Å². The first-order chi connectivity index (χ1) is 16.9. The molecule has 2 heterocycles. The van der Waals surface area contributed by atoms with Crippen LogP contribution in [0.15, 0.2) is 23.2 Å². The Morgan fingerprint density at radius 3 is 2.22 bits per heavy atom. The van der Waals surface area contributed by atoms with Crippen LogP contribution in [0.25, 0.3) is 0 Å². The predicted molar refractivity (Wildman–Crippen MR) is 99.7 cm³/mol. The first-order valence-corrected chi connectivity index (χ1v) is 9.89. The second-order valence-corrected chi connectivity index (χ2v) is 7.59. The second kappa shape index (κ2) is 9.38. The van der Waals surface area contributed by atoms with Gasteiger partial charge in [-0.3, -0.25) is 4.79 Å². The summed E-state index contributed by atoms with van der Waals surface area (Å²) in [5.41, 5.74) is -4.74. The number of carbonyl (C=O) groups is 3. The monoisotopic (exact) mass is 551 g/mol. The summed E-state index contributed by atoms with van der Waals surface area (Å²) in [4.78, 5) is 44.0. The summed E-state index contributed by atoms with van der Waals surface area (Å²) < 4.78 is 126. The van der Waals surface area contributed by atoms with Gasteiger partial charge in [-0.05, 0) is 31.2 Å². The first kappa shape index (κ1) is 28.0. The van der Waals surface area contributed by atoms with Crippen molar-refractivity contribution in [3.8, 4) is 5.75 Å². The van der Waals surface area contributed by atoms with E-state index in [9.17, 15) is 53.9 Å². The highest BCUT2D eigenvalue weighted by molar-refractivity contribution is 6.15. The molecule has 2 aliphatic rings. The number of hydroxylamine groups is 2. The van der Waals surface area contributed by atoms with E-state index in [2.05, 4.69) is 24.6 Å². The van der Waals surface area contributed by atoms with Gasteiger partial charge in [0.25, 0.3) is 5.91 Å². The smallest absolute Gasteiger partial charge is 0.493 e. The maximum atomic E-state index is 13.5. The Bertz CT molecular complexity index is 1130.